The van der Waals surface area contributed by atoms with Gasteiger partial charge in [-0.3, -0.25) is 4.79 Å². The minimum absolute atomic E-state index is 0.181. The second-order valence-electron chi connectivity index (χ2n) is 4.30. The van der Waals surface area contributed by atoms with Gasteiger partial charge in [0, 0.05) is 13.1 Å². The molecule has 1 aliphatic rings. The predicted octanol–water partition coefficient (Wildman–Crippen LogP) is -1.17. The maximum Gasteiger partial charge on any atom is 0.327 e. The normalized spacial score (nSPS) is 27.4. The van der Waals surface area contributed by atoms with Gasteiger partial charge in [0.25, 0.3) is 0 Å². The molecule has 0 aromatic rings. The van der Waals surface area contributed by atoms with E-state index in [4.69, 9.17) is 11.5 Å². The Morgan fingerprint density at radius 1 is 1.50 bits per heavy atom. The molecule has 0 aromatic heterocycles. The Morgan fingerprint density at radius 2 is 2.12 bits per heavy atom. The molecule has 6 heteroatoms. The molecule has 6 nitrogen and oxygen atoms in total. The molecule has 1 saturated heterocycles. The first-order chi connectivity index (χ1) is 7.40. The topological polar surface area (TPSA) is 98.6 Å². The van der Waals surface area contributed by atoms with E-state index in [0.717, 1.165) is 0 Å². The van der Waals surface area contributed by atoms with Gasteiger partial charge in [0.1, 0.15) is 5.54 Å². The maximum absolute atomic E-state index is 11.7. The number of esters is 1. The number of hydrogen-bond acceptors (Lipinski definition) is 5. The Hall–Kier alpha value is -1.14. The van der Waals surface area contributed by atoms with Crippen LogP contribution in [-0.4, -0.2) is 48.6 Å². The van der Waals surface area contributed by atoms with E-state index in [1.165, 1.54) is 12.0 Å². The van der Waals surface area contributed by atoms with Crippen molar-refractivity contribution in [2.75, 3.05) is 20.2 Å². The minimum Gasteiger partial charge on any atom is -0.468 e. The van der Waals surface area contributed by atoms with Crippen molar-refractivity contribution in [2.24, 2.45) is 11.5 Å². The second kappa shape index (κ2) is 4.80. The highest BCUT2D eigenvalue weighted by Crippen LogP contribution is 2.20. The highest BCUT2D eigenvalue weighted by molar-refractivity contribution is 5.85. The average Bonchev–Trinajstić information content (AvgIpc) is 2.26. The molecule has 2 atom stereocenters. The second-order valence-corrected chi connectivity index (χ2v) is 4.30. The van der Waals surface area contributed by atoms with Crippen LogP contribution in [0.1, 0.15) is 19.8 Å². The molecule has 0 radical (unpaired) electrons. The van der Waals surface area contributed by atoms with E-state index in [2.05, 4.69) is 4.74 Å². The Bertz CT molecular complexity index is 293. The third-order valence-electron chi connectivity index (χ3n) is 2.82. The molecular weight excluding hydrogens is 210 g/mol. The smallest absolute Gasteiger partial charge is 0.327 e. The Morgan fingerprint density at radius 3 is 2.62 bits per heavy atom. The molecule has 0 aliphatic carbocycles. The van der Waals surface area contributed by atoms with Crippen LogP contribution in [0.15, 0.2) is 0 Å². The summed E-state index contributed by atoms with van der Waals surface area (Å²) in [5.41, 5.74) is 10.4. The fraction of sp³-hybridized carbons (Fsp3) is 0.800. The van der Waals surface area contributed by atoms with Gasteiger partial charge < -0.3 is 21.1 Å². The van der Waals surface area contributed by atoms with E-state index in [0.29, 0.717) is 19.4 Å². The predicted molar refractivity (Wildman–Crippen MR) is 58.4 cm³/mol. The molecule has 0 unspecified atom stereocenters. The largest absolute Gasteiger partial charge is 0.468 e. The van der Waals surface area contributed by atoms with Gasteiger partial charge in [-0.25, -0.2) is 4.79 Å². The van der Waals surface area contributed by atoms with Crippen LogP contribution in [0.5, 0.6) is 0 Å². The molecule has 1 rings (SSSR count). The quantitative estimate of drug-likeness (QED) is 0.581. The van der Waals surface area contributed by atoms with Crippen molar-refractivity contribution < 1.29 is 14.3 Å². The lowest BCUT2D eigenvalue weighted by Crippen LogP contribution is -2.62. The van der Waals surface area contributed by atoms with Crippen LogP contribution in [-0.2, 0) is 14.3 Å². The van der Waals surface area contributed by atoms with E-state index in [9.17, 15) is 9.59 Å². The highest BCUT2D eigenvalue weighted by atomic mass is 16.5. The molecule has 0 aromatic carbocycles. The minimum atomic E-state index is -1.09. The molecule has 1 amide bonds. The number of carbonyl (C=O) groups is 2. The molecular formula is C10H19N3O3. The molecule has 4 N–H and O–H groups in total. The summed E-state index contributed by atoms with van der Waals surface area (Å²) in [5, 5.41) is 0. The molecule has 1 fully saturated rings. The maximum atomic E-state index is 11.7. The van der Waals surface area contributed by atoms with Crippen molar-refractivity contribution >= 4 is 11.9 Å². The molecule has 16 heavy (non-hydrogen) atoms. The van der Waals surface area contributed by atoms with E-state index in [1.54, 1.807) is 6.92 Å². The number of hydrogen-bond donors (Lipinski definition) is 2. The zero-order chi connectivity index (χ0) is 12.3. The summed E-state index contributed by atoms with van der Waals surface area (Å²) in [4.78, 5) is 24.7. The number of rotatable bonds is 2. The van der Waals surface area contributed by atoms with Crippen molar-refractivity contribution in [3.05, 3.63) is 0 Å². The van der Waals surface area contributed by atoms with E-state index < -0.39 is 17.6 Å². The van der Waals surface area contributed by atoms with Crippen LogP contribution in [0.25, 0.3) is 0 Å². The fourth-order valence-corrected chi connectivity index (χ4v) is 1.93. The lowest BCUT2D eigenvalue weighted by atomic mass is 9.90. The van der Waals surface area contributed by atoms with Crippen molar-refractivity contribution in [3.63, 3.8) is 0 Å². The van der Waals surface area contributed by atoms with Gasteiger partial charge in [0.15, 0.2) is 0 Å². The number of likely N-dealkylation sites (tertiary alicyclic amines) is 1. The average molecular weight is 229 g/mol. The van der Waals surface area contributed by atoms with Gasteiger partial charge in [-0.1, -0.05) is 0 Å². The summed E-state index contributed by atoms with van der Waals surface area (Å²) < 4.78 is 4.65. The number of nitrogens with zero attached hydrogens (tertiary/aromatic N) is 1. The Balaban J connectivity index is 2.73. The zero-order valence-electron chi connectivity index (χ0n) is 9.73. The first-order valence-corrected chi connectivity index (χ1v) is 5.32. The van der Waals surface area contributed by atoms with Crippen molar-refractivity contribution in [3.8, 4) is 0 Å². The third kappa shape index (κ3) is 2.51. The lowest BCUT2D eigenvalue weighted by molar-refractivity contribution is -0.151. The van der Waals surface area contributed by atoms with E-state index >= 15 is 0 Å². The standard InChI is InChI=1S/C10H19N3O3/c1-7(11)8(14)13-5-3-4-10(12,6-13)9(15)16-2/h7H,3-6,11-12H2,1-2H3/t7-,10+/m0/s1. The summed E-state index contributed by atoms with van der Waals surface area (Å²) in [6.45, 7) is 2.39. The van der Waals surface area contributed by atoms with Crippen LogP contribution in [0.4, 0.5) is 0 Å². The lowest BCUT2D eigenvalue weighted by Gasteiger charge is -2.38. The number of ether oxygens (including phenoxy) is 1. The van der Waals surface area contributed by atoms with Crippen LogP contribution in [0.2, 0.25) is 0 Å². The van der Waals surface area contributed by atoms with Crippen LogP contribution < -0.4 is 11.5 Å². The SMILES string of the molecule is COC(=O)[C@@]1(N)CCCN(C(=O)[C@H](C)N)C1. The van der Waals surface area contributed by atoms with Gasteiger partial charge in [0.2, 0.25) is 5.91 Å². The molecule has 0 saturated carbocycles. The Kier molecular flexibility index (Phi) is 3.88. The first kappa shape index (κ1) is 12.9. The number of carbonyl (C=O) groups excluding carboxylic acids is 2. The number of piperidine rings is 1. The van der Waals surface area contributed by atoms with Gasteiger partial charge in [0.05, 0.1) is 13.2 Å². The number of amides is 1. The monoisotopic (exact) mass is 229 g/mol. The molecule has 92 valence electrons. The number of methoxy groups -OCH3 is 1. The molecule has 0 spiro atoms. The Labute approximate surface area is 94.9 Å². The van der Waals surface area contributed by atoms with Crippen molar-refractivity contribution in [1.82, 2.24) is 4.90 Å². The van der Waals surface area contributed by atoms with Crippen LogP contribution in [0.3, 0.4) is 0 Å². The summed E-state index contributed by atoms with van der Waals surface area (Å²) in [6, 6.07) is -0.569. The summed E-state index contributed by atoms with van der Waals surface area (Å²) in [5.74, 6) is -0.659. The van der Waals surface area contributed by atoms with Gasteiger partial charge >= 0.3 is 5.97 Å². The van der Waals surface area contributed by atoms with E-state index in [-0.39, 0.29) is 12.5 Å². The molecule has 1 aliphatic heterocycles. The fourth-order valence-electron chi connectivity index (χ4n) is 1.93. The first-order valence-electron chi connectivity index (χ1n) is 5.32. The van der Waals surface area contributed by atoms with Crippen molar-refractivity contribution in [2.45, 2.75) is 31.3 Å². The third-order valence-corrected chi connectivity index (χ3v) is 2.82. The van der Waals surface area contributed by atoms with Gasteiger partial charge in [-0.15, -0.1) is 0 Å². The molecule has 0 bridgehead atoms. The van der Waals surface area contributed by atoms with Gasteiger partial charge in [-0.05, 0) is 19.8 Å². The van der Waals surface area contributed by atoms with Gasteiger partial charge in [-0.2, -0.15) is 0 Å². The molecule has 1 heterocycles. The number of nitrogens with two attached hydrogens (primary N) is 2. The zero-order valence-corrected chi connectivity index (χ0v) is 9.73. The highest BCUT2D eigenvalue weighted by Gasteiger charge is 2.41. The van der Waals surface area contributed by atoms with Crippen molar-refractivity contribution in [1.29, 1.82) is 0 Å². The van der Waals surface area contributed by atoms with Crippen LogP contribution in [0, 0.1) is 0 Å². The van der Waals surface area contributed by atoms with E-state index in [1.807, 2.05) is 0 Å². The summed E-state index contributed by atoms with van der Waals surface area (Å²) in [6.07, 6.45) is 1.21. The van der Waals surface area contributed by atoms with Crippen LogP contribution >= 0.6 is 0 Å². The summed E-state index contributed by atoms with van der Waals surface area (Å²) >= 11 is 0. The summed E-state index contributed by atoms with van der Waals surface area (Å²) in [7, 11) is 1.29.